The summed E-state index contributed by atoms with van der Waals surface area (Å²) in [4.78, 5) is 29.6. The largest absolute Gasteiger partial charge is 0.318 e. The molecule has 0 aromatic carbocycles. The molecular formula is C17H17N9O2. The lowest BCUT2D eigenvalue weighted by Crippen LogP contribution is -2.20. The number of anilines is 2. The van der Waals surface area contributed by atoms with Crippen LogP contribution in [0.25, 0.3) is 5.65 Å². The molecule has 0 aliphatic carbocycles. The van der Waals surface area contributed by atoms with Gasteiger partial charge in [0.1, 0.15) is 11.3 Å². The van der Waals surface area contributed by atoms with Gasteiger partial charge in [-0.2, -0.15) is 15.3 Å². The van der Waals surface area contributed by atoms with Gasteiger partial charge in [-0.1, -0.05) is 0 Å². The number of nitrogens with one attached hydrogen (secondary N) is 2. The van der Waals surface area contributed by atoms with Crippen molar-refractivity contribution in [1.82, 2.24) is 34.2 Å². The maximum Gasteiger partial charge on any atom is 0.276 e. The smallest absolute Gasteiger partial charge is 0.276 e. The molecule has 0 radical (unpaired) electrons. The average Bonchev–Trinajstić information content (AvgIpc) is 3.35. The Balaban J connectivity index is 1.60. The Kier molecular flexibility index (Phi) is 4.11. The van der Waals surface area contributed by atoms with Crippen LogP contribution in [-0.4, -0.2) is 46.0 Å². The van der Waals surface area contributed by atoms with Crippen molar-refractivity contribution >= 4 is 28.8 Å². The first-order valence-corrected chi connectivity index (χ1v) is 8.37. The zero-order chi connectivity index (χ0) is 19.8. The first-order valence-electron chi connectivity index (χ1n) is 8.37. The van der Waals surface area contributed by atoms with Crippen LogP contribution < -0.4 is 10.6 Å². The fourth-order valence-corrected chi connectivity index (χ4v) is 2.78. The molecule has 0 aliphatic heterocycles. The molecule has 4 heterocycles. The molecule has 142 valence electrons. The molecule has 0 unspecified atom stereocenters. The van der Waals surface area contributed by atoms with Crippen LogP contribution in [0.4, 0.5) is 11.4 Å². The van der Waals surface area contributed by atoms with Crippen molar-refractivity contribution in [2.24, 2.45) is 14.1 Å². The lowest BCUT2D eigenvalue weighted by molar-refractivity contribution is 0.101. The Hall–Kier alpha value is -4.02. The zero-order valence-corrected chi connectivity index (χ0v) is 15.4. The van der Waals surface area contributed by atoms with Crippen LogP contribution in [0.5, 0.6) is 0 Å². The second-order valence-electron chi connectivity index (χ2n) is 6.15. The van der Waals surface area contributed by atoms with Gasteiger partial charge in [0.25, 0.3) is 11.8 Å². The van der Waals surface area contributed by atoms with Crippen molar-refractivity contribution in [2.45, 2.75) is 6.92 Å². The van der Waals surface area contributed by atoms with Crippen molar-refractivity contribution in [1.29, 1.82) is 0 Å². The van der Waals surface area contributed by atoms with Crippen LogP contribution in [0.15, 0.2) is 37.1 Å². The highest BCUT2D eigenvalue weighted by molar-refractivity contribution is 6.13. The van der Waals surface area contributed by atoms with E-state index < -0.39 is 11.8 Å². The topological polar surface area (TPSA) is 124 Å². The quantitative estimate of drug-likeness (QED) is 0.545. The molecule has 11 heteroatoms. The third kappa shape index (κ3) is 2.88. The molecule has 0 spiro atoms. The summed E-state index contributed by atoms with van der Waals surface area (Å²) in [5.74, 6) is -0.849. The van der Waals surface area contributed by atoms with Crippen LogP contribution in [0.1, 0.15) is 26.5 Å². The van der Waals surface area contributed by atoms with E-state index in [4.69, 9.17) is 0 Å². The number of nitrogens with zero attached hydrogens (tertiary/aromatic N) is 7. The molecule has 0 aliphatic rings. The minimum Gasteiger partial charge on any atom is -0.318 e. The highest BCUT2D eigenvalue weighted by Crippen LogP contribution is 2.20. The third-order valence-corrected chi connectivity index (χ3v) is 4.41. The van der Waals surface area contributed by atoms with E-state index in [0.29, 0.717) is 16.9 Å². The van der Waals surface area contributed by atoms with Crippen LogP contribution in [0.3, 0.4) is 0 Å². The normalized spacial score (nSPS) is 11.0. The summed E-state index contributed by atoms with van der Waals surface area (Å²) in [6.07, 6.45) is 7.67. The summed E-state index contributed by atoms with van der Waals surface area (Å²) in [5.41, 5.74) is 2.58. The van der Waals surface area contributed by atoms with Gasteiger partial charge in [-0.05, 0) is 13.0 Å². The Morgan fingerprint density at radius 2 is 1.64 bits per heavy atom. The van der Waals surface area contributed by atoms with Gasteiger partial charge in [0.2, 0.25) is 0 Å². The maximum atomic E-state index is 12.8. The van der Waals surface area contributed by atoms with E-state index in [1.807, 2.05) is 6.92 Å². The zero-order valence-electron chi connectivity index (χ0n) is 15.4. The molecule has 0 atom stereocenters. The number of rotatable bonds is 4. The van der Waals surface area contributed by atoms with Crippen molar-refractivity contribution in [3.8, 4) is 0 Å². The second kappa shape index (κ2) is 6.61. The minimum atomic E-state index is -0.437. The van der Waals surface area contributed by atoms with E-state index in [-0.39, 0.29) is 11.4 Å². The first-order chi connectivity index (χ1) is 13.5. The third-order valence-electron chi connectivity index (χ3n) is 4.41. The predicted molar refractivity (Wildman–Crippen MR) is 100 cm³/mol. The SMILES string of the molecule is Cc1c(NC(=O)c2c(NC(=O)c3cnn4cccnc34)cnn2C)cnn1C. The molecule has 2 amide bonds. The van der Waals surface area contributed by atoms with Gasteiger partial charge in [0, 0.05) is 26.5 Å². The van der Waals surface area contributed by atoms with Gasteiger partial charge in [0.05, 0.1) is 35.7 Å². The fraction of sp³-hybridized carbons (Fsp3) is 0.176. The fourth-order valence-electron chi connectivity index (χ4n) is 2.78. The van der Waals surface area contributed by atoms with E-state index >= 15 is 0 Å². The van der Waals surface area contributed by atoms with Crippen molar-refractivity contribution in [3.05, 3.63) is 54.0 Å². The molecule has 4 aromatic rings. The number of carbonyl (C=O) groups excluding carboxylic acids is 2. The molecule has 2 N–H and O–H groups in total. The molecule has 0 saturated carbocycles. The Morgan fingerprint density at radius 1 is 0.929 bits per heavy atom. The molecule has 0 fully saturated rings. The molecule has 0 bridgehead atoms. The van der Waals surface area contributed by atoms with Crippen LogP contribution in [0, 0.1) is 6.92 Å². The van der Waals surface area contributed by atoms with Crippen LogP contribution in [0.2, 0.25) is 0 Å². The van der Waals surface area contributed by atoms with E-state index in [1.54, 1.807) is 43.4 Å². The Morgan fingerprint density at radius 3 is 2.39 bits per heavy atom. The van der Waals surface area contributed by atoms with Gasteiger partial charge < -0.3 is 10.6 Å². The Bertz CT molecular complexity index is 1200. The maximum absolute atomic E-state index is 12.8. The minimum absolute atomic E-state index is 0.209. The van der Waals surface area contributed by atoms with Gasteiger partial charge >= 0.3 is 0 Å². The molecule has 0 saturated heterocycles. The molecule has 4 aromatic heterocycles. The number of aromatic nitrogens is 7. The number of hydrogen-bond donors (Lipinski definition) is 2. The van der Waals surface area contributed by atoms with E-state index in [2.05, 4.69) is 30.9 Å². The lowest BCUT2D eigenvalue weighted by Gasteiger charge is -2.08. The number of aryl methyl sites for hydroxylation is 2. The average molecular weight is 379 g/mol. The van der Waals surface area contributed by atoms with E-state index in [1.165, 1.54) is 21.6 Å². The van der Waals surface area contributed by atoms with Crippen molar-refractivity contribution in [2.75, 3.05) is 10.6 Å². The number of amides is 2. The summed E-state index contributed by atoms with van der Waals surface area (Å²) in [5, 5.41) is 17.8. The summed E-state index contributed by atoms with van der Waals surface area (Å²) in [6.45, 7) is 1.84. The lowest BCUT2D eigenvalue weighted by atomic mass is 10.2. The van der Waals surface area contributed by atoms with Gasteiger partial charge in [-0.15, -0.1) is 0 Å². The number of hydrogen-bond acceptors (Lipinski definition) is 6. The summed E-state index contributed by atoms with van der Waals surface area (Å²) < 4.78 is 4.54. The van der Waals surface area contributed by atoms with Gasteiger partial charge in [0.15, 0.2) is 5.65 Å². The van der Waals surface area contributed by atoms with E-state index in [0.717, 1.165) is 5.69 Å². The van der Waals surface area contributed by atoms with Crippen molar-refractivity contribution in [3.63, 3.8) is 0 Å². The summed E-state index contributed by atoms with van der Waals surface area (Å²) in [6, 6.07) is 1.71. The monoisotopic (exact) mass is 379 g/mol. The standard InChI is InChI=1S/C17H17N9O2/c1-10-12(8-19-24(10)2)22-17(28)14-13(9-20-25(14)3)23-16(27)11-7-21-26-6-4-5-18-15(11)26/h4-9H,1-3H3,(H,22,28)(H,23,27). The first kappa shape index (κ1) is 17.4. The van der Waals surface area contributed by atoms with Gasteiger partial charge in [-0.3, -0.25) is 19.0 Å². The summed E-state index contributed by atoms with van der Waals surface area (Å²) in [7, 11) is 3.41. The number of fused-ring (bicyclic) bond motifs is 1. The van der Waals surface area contributed by atoms with Crippen LogP contribution >= 0.6 is 0 Å². The number of carbonyl (C=O) groups is 2. The van der Waals surface area contributed by atoms with Gasteiger partial charge in [-0.25, -0.2) is 9.50 Å². The summed E-state index contributed by atoms with van der Waals surface area (Å²) >= 11 is 0. The highest BCUT2D eigenvalue weighted by Gasteiger charge is 2.22. The second-order valence-corrected chi connectivity index (χ2v) is 6.15. The molecular weight excluding hydrogens is 362 g/mol. The van der Waals surface area contributed by atoms with Crippen molar-refractivity contribution < 1.29 is 9.59 Å². The van der Waals surface area contributed by atoms with E-state index in [9.17, 15) is 9.59 Å². The Labute approximate surface area is 159 Å². The molecule has 11 nitrogen and oxygen atoms in total. The molecule has 28 heavy (non-hydrogen) atoms. The highest BCUT2D eigenvalue weighted by atomic mass is 16.2. The van der Waals surface area contributed by atoms with Crippen LogP contribution in [-0.2, 0) is 14.1 Å². The predicted octanol–water partition coefficient (Wildman–Crippen LogP) is 1.01. The molecule has 4 rings (SSSR count).